The van der Waals surface area contributed by atoms with Crippen LogP contribution in [-0.4, -0.2) is 121 Å². The molecule has 2 heterocycles. The van der Waals surface area contributed by atoms with Crippen molar-refractivity contribution in [1.29, 1.82) is 0 Å². The molecule has 1 aliphatic carbocycles. The minimum atomic E-state index is -5.52. The Labute approximate surface area is 490 Å². The summed E-state index contributed by atoms with van der Waals surface area (Å²) in [5, 5.41) is 21.9. The first kappa shape index (κ1) is 69.2. The van der Waals surface area contributed by atoms with Crippen molar-refractivity contribution in [3.05, 3.63) is 98.9 Å². The van der Waals surface area contributed by atoms with Gasteiger partial charge in [-0.1, -0.05) is 111 Å². The van der Waals surface area contributed by atoms with Gasteiger partial charge in [-0.15, -0.1) is 11.3 Å². The van der Waals surface area contributed by atoms with E-state index >= 15 is 0 Å². The molecule has 26 heteroatoms. The number of aliphatic carboxylic acids is 1. The number of esters is 1. The number of amides is 5. The summed E-state index contributed by atoms with van der Waals surface area (Å²) >= 11 is 1.10. The number of halogens is 3. The van der Waals surface area contributed by atoms with Crippen LogP contribution in [0.25, 0.3) is 6.08 Å². The number of aromatic nitrogens is 2. The average Bonchev–Trinajstić information content (AvgIpc) is 3.68. The number of thiazole rings is 1. The SMILES string of the molecule is C=C(NC(=O)[C@H](C)N)C(=O)N[C@@H](C)C(=O)NCCc1csc([C@@H](NC(=O)OCc2ccccc2)[C@@H](C)OC(=O)c2cc([C@H](C)O[Si](C)(C)C(C)(C)C)c3c(n2)[C@@H](O[Si](C)(C)C(C)(C)C)[C@H](N(C(=O)C(F)(F)F)[C@H](C(=O)O)[C@@H](C)CC)C=C3)n1. The van der Waals surface area contributed by atoms with E-state index in [1.54, 1.807) is 49.6 Å². The standard InChI is InChI=1S/C57H83F3N8O12SSi2/c1-18-31(2)45(51(72)73)68(53(75)57(58,59)60)42-25-24-39-40(35(6)79-82(14,15)55(8,9)10)28-41(66-44(39)46(42)80-83(16,17)56(11,12)13)52(74)78-36(7)43(67-54(76)77-29-37-22-20-19-21-23-37)50-65-38(30-81-50)26-27-62-48(70)33(4)64-49(71)34(5)63-47(69)32(3)61/h19-25,28,30-33,35-36,42-43,45-46H,5,18,26-27,29,61H2,1-4,6-17H3,(H,62,70)(H,63,69)(H,64,71)(H,67,76)(H,72,73)/t31-,32-,33-,35-,36+,42+,43-,45-,46-/m0/s1. The fourth-order valence-corrected chi connectivity index (χ4v) is 11.8. The van der Waals surface area contributed by atoms with Gasteiger partial charge in [0.2, 0.25) is 11.8 Å². The lowest BCUT2D eigenvalue weighted by Gasteiger charge is -2.47. The van der Waals surface area contributed by atoms with Gasteiger partial charge in [0.05, 0.1) is 35.3 Å². The van der Waals surface area contributed by atoms with Gasteiger partial charge in [0.25, 0.3) is 5.91 Å². The summed E-state index contributed by atoms with van der Waals surface area (Å²) in [6.45, 7) is 32.2. The number of alkyl halides is 3. The van der Waals surface area contributed by atoms with Gasteiger partial charge in [-0.05, 0) is 87.1 Å². The van der Waals surface area contributed by atoms with Crippen molar-refractivity contribution in [2.24, 2.45) is 11.7 Å². The highest BCUT2D eigenvalue weighted by Crippen LogP contribution is 2.47. The number of alkyl carbamates (subject to hydrolysis) is 1. The maximum absolute atomic E-state index is 15.0. The molecule has 0 saturated heterocycles. The molecule has 0 radical (unpaired) electrons. The Morgan fingerprint density at radius 2 is 1.51 bits per heavy atom. The van der Waals surface area contributed by atoms with Crippen LogP contribution < -0.4 is 27.0 Å². The number of carbonyl (C=O) groups excluding carboxylic acids is 6. The lowest BCUT2D eigenvalue weighted by atomic mass is 9.87. The van der Waals surface area contributed by atoms with Gasteiger partial charge in [0, 0.05) is 23.9 Å². The van der Waals surface area contributed by atoms with E-state index < -0.39 is 124 Å². The molecular formula is C57H83F3N8O12SSi2. The first-order chi connectivity index (χ1) is 38.2. The largest absolute Gasteiger partial charge is 0.480 e. The minimum absolute atomic E-state index is 0.0448. The van der Waals surface area contributed by atoms with Crippen LogP contribution in [0.4, 0.5) is 18.0 Å². The molecular weight excluding hydrogens is 1130 g/mol. The molecule has 1 aromatic carbocycles. The lowest BCUT2D eigenvalue weighted by molar-refractivity contribution is -0.195. The summed E-state index contributed by atoms with van der Waals surface area (Å²) in [5.41, 5.74) is 6.70. The number of benzene rings is 1. The lowest BCUT2D eigenvalue weighted by Crippen LogP contribution is -2.59. The van der Waals surface area contributed by atoms with Crippen molar-refractivity contribution in [2.45, 2.75) is 193 Å². The molecule has 83 heavy (non-hydrogen) atoms. The second kappa shape index (κ2) is 28.0. The van der Waals surface area contributed by atoms with Crippen LogP contribution in [-0.2, 0) is 55.3 Å². The second-order valence-corrected chi connectivity index (χ2v) is 34.3. The van der Waals surface area contributed by atoms with Crippen LogP contribution in [0.2, 0.25) is 36.3 Å². The van der Waals surface area contributed by atoms with Crippen molar-refractivity contribution in [2.75, 3.05) is 6.54 Å². The highest BCUT2D eigenvalue weighted by molar-refractivity contribution is 7.09. The molecule has 20 nitrogen and oxygen atoms in total. The number of carboxylic acids is 1. The van der Waals surface area contributed by atoms with Crippen LogP contribution in [0.15, 0.2) is 60.1 Å². The molecule has 458 valence electrons. The van der Waals surface area contributed by atoms with Gasteiger partial charge < -0.3 is 55.3 Å². The summed E-state index contributed by atoms with van der Waals surface area (Å²) in [7, 11) is -5.76. The average molecular weight is 1220 g/mol. The van der Waals surface area contributed by atoms with E-state index in [1.807, 2.05) is 67.7 Å². The van der Waals surface area contributed by atoms with Crippen LogP contribution in [0, 0.1) is 5.92 Å². The number of nitrogens with zero attached hydrogens (tertiary/aromatic N) is 3. The third kappa shape index (κ3) is 18.1. The van der Waals surface area contributed by atoms with E-state index in [1.165, 1.54) is 45.9 Å². The third-order valence-electron chi connectivity index (χ3n) is 15.3. The number of nitrogens with two attached hydrogens (primary N) is 1. The topological polar surface area (TPSA) is 280 Å². The van der Waals surface area contributed by atoms with E-state index in [4.69, 9.17) is 34.0 Å². The van der Waals surface area contributed by atoms with Crippen LogP contribution >= 0.6 is 11.3 Å². The highest BCUT2D eigenvalue weighted by atomic mass is 32.1. The molecule has 0 aliphatic heterocycles. The summed E-state index contributed by atoms with van der Waals surface area (Å²) in [4.78, 5) is 103. The number of fused-ring (bicyclic) bond motifs is 1. The Morgan fingerprint density at radius 3 is 2.06 bits per heavy atom. The van der Waals surface area contributed by atoms with Crippen molar-refractivity contribution < 1.29 is 70.2 Å². The Bertz CT molecular complexity index is 2870. The van der Waals surface area contributed by atoms with Crippen LogP contribution in [0.1, 0.15) is 151 Å². The zero-order valence-electron chi connectivity index (χ0n) is 50.3. The zero-order valence-corrected chi connectivity index (χ0v) is 53.1. The normalized spacial score (nSPS) is 17.3. The molecule has 9 atom stereocenters. The number of rotatable bonds is 25. The second-order valence-electron chi connectivity index (χ2n) is 23.9. The van der Waals surface area contributed by atoms with E-state index in [9.17, 15) is 51.8 Å². The third-order valence-corrected chi connectivity index (χ3v) is 25.3. The number of carbonyl (C=O) groups is 7. The number of pyridine rings is 1. The smallest absolute Gasteiger partial charge is 0.471 e. The molecule has 4 rings (SSSR count). The molecule has 0 saturated carbocycles. The van der Waals surface area contributed by atoms with Crippen molar-refractivity contribution in [3.63, 3.8) is 0 Å². The summed E-state index contributed by atoms with van der Waals surface area (Å²) in [6, 6.07) is 3.52. The van der Waals surface area contributed by atoms with Gasteiger partial charge in [0.1, 0.15) is 47.6 Å². The summed E-state index contributed by atoms with van der Waals surface area (Å²) in [5.74, 6) is -8.06. The number of nitrogens with one attached hydrogen (secondary N) is 4. The monoisotopic (exact) mass is 1220 g/mol. The molecule has 1 aliphatic rings. The van der Waals surface area contributed by atoms with Gasteiger partial charge in [-0.2, -0.15) is 13.2 Å². The number of hydrogen-bond acceptors (Lipinski definition) is 15. The highest BCUT2D eigenvalue weighted by Gasteiger charge is 2.54. The van der Waals surface area contributed by atoms with Gasteiger partial charge >= 0.3 is 30.1 Å². The Morgan fingerprint density at radius 1 is 0.892 bits per heavy atom. The number of hydrogen-bond donors (Lipinski definition) is 6. The molecule has 0 unspecified atom stereocenters. The Hall–Kier alpha value is -6.33. The van der Waals surface area contributed by atoms with E-state index in [0.29, 0.717) is 27.3 Å². The predicted molar refractivity (Wildman–Crippen MR) is 313 cm³/mol. The number of ether oxygens (including phenoxy) is 2. The molecule has 5 amide bonds. The Balaban J connectivity index is 1.84. The fourth-order valence-electron chi connectivity index (χ4n) is 8.17. The van der Waals surface area contributed by atoms with E-state index in [2.05, 4.69) is 27.8 Å². The maximum atomic E-state index is 15.0. The number of carboxylic acid groups (broad SMARTS) is 1. The zero-order chi connectivity index (χ0) is 62.9. The van der Waals surface area contributed by atoms with Crippen molar-refractivity contribution in [1.82, 2.24) is 36.1 Å². The van der Waals surface area contributed by atoms with Gasteiger partial charge in [-0.3, -0.25) is 19.2 Å². The minimum Gasteiger partial charge on any atom is -0.480 e. The molecule has 7 N–H and O–H groups in total. The molecule has 0 fully saturated rings. The quantitative estimate of drug-likeness (QED) is 0.0262. The first-order valence-electron chi connectivity index (χ1n) is 27.4. The Kier molecular flexibility index (Phi) is 23.4. The van der Waals surface area contributed by atoms with Gasteiger partial charge in [0.15, 0.2) is 16.6 Å². The molecule has 2 aromatic heterocycles. The van der Waals surface area contributed by atoms with Crippen molar-refractivity contribution in [3.8, 4) is 0 Å². The van der Waals surface area contributed by atoms with E-state index in [0.717, 1.165) is 11.3 Å². The predicted octanol–water partition coefficient (Wildman–Crippen LogP) is 9.32. The fraction of sp³-hybridized carbons (Fsp3) is 0.561. The molecule has 3 aromatic rings. The van der Waals surface area contributed by atoms with Crippen LogP contribution in [0.3, 0.4) is 0 Å². The molecule has 0 bridgehead atoms. The summed E-state index contributed by atoms with van der Waals surface area (Å²) < 4.78 is 70.4. The van der Waals surface area contributed by atoms with Crippen molar-refractivity contribution >= 4 is 75.7 Å². The van der Waals surface area contributed by atoms with Gasteiger partial charge in [-0.25, -0.2) is 24.4 Å². The molecule has 0 spiro atoms. The maximum Gasteiger partial charge on any atom is 0.471 e. The van der Waals surface area contributed by atoms with Crippen LogP contribution in [0.5, 0.6) is 0 Å². The van der Waals surface area contributed by atoms with E-state index in [-0.39, 0.29) is 53.1 Å². The first-order valence-corrected chi connectivity index (χ1v) is 34.1. The summed E-state index contributed by atoms with van der Waals surface area (Å²) in [6.07, 6.45) is -6.94.